The zero-order chi connectivity index (χ0) is 15.6. The summed E-state index contributed by atoms with van der Waals surface area (Å²) in [5.74, 6) is 0. The van der Waals surface area contributed by atoms with Gasteiger partial charge in [-0.2, -0.15) is 5.26 Å². The van der Waals surface area contributed by atoms with E-state index in [0.717, 1.165) is 12.5 Å². The van der Waals surface area contributed by atoms with Gasteiger partial charge in [0.1, 0.15) is 16.7 Å². The second-order valence-electron chi connectivity index (χ2n) is 4.85. The van der Waals surface area contributed by atoms with Crippen LogP contribution in [0, 0.1) is 11.3 Å². The summed E-state index contributed by atoms with van der Waals surface area (Å²) in [5, 5.41) is 8.59. The standard InChI is InChI=1S/C11H15N3O4S2/c1-11(2,19(3,15)16)8-14-20(17,18)10-5-4-9(6-12)13-7-10/h4-5,7,14H,8H2,1-3H3. The van der Waals surface area contributed by atoms with Crippen LogP contribution in [0.3, 0.4) is 0 Å². The lowest BCUT2D eigenvalue weighted by Crippen LogP contribution is -2.43. The van der Waals surface area contributed by atoms with Crippen LogP contribution in [0.5, 0.6) is 0 Å². The minimum absolute atomic E-state index is 0.0976. The third-order valence-corrected chi connectivity index (χ3v) is 6.39. The molecule has 7 nitrogen and oxygen atoms in total. The fraction of sp³-hybridized carbons (Fsp3) is 0.455. The normalized spacial score (nSPS) is 12.9. The number of pyridine rings is 1. The number of nitrogens with one attached hydrogen (secondary N) is 1. The quantitative estimate of drug-likeness (QED) is 0.820. The molecule has 0 aliphatic rings. The first-order chi connectivity index (χ1) is 8.99. The van der Waals surface area contributed by atoms with Crippen LogP contribution in [0.4, 0.5) is 0 Å². The summed E-state index contributed by atoms with van der Waals surface area (Å²) in [6.07, 6.45) is 2.10. The second-order valence-corrected chi connectivity index (χ2v) is 9.26. The van der Waals surface area contributed by atoms with Crippen molar-refractivity contribution in [2.24, 2.45) is 0 Å². The van der Waals surface area contributed by atoms with Crippen LogP contribution in [0.1, 0.15) is 19.5 Å². The monoisotopic (exact) mass is 317 g/mol. The van der Waals surface area contributed by atoms with Gasteiger partial charge in [0, 0.05) is 19.0 Å². The lowest BCUT2D eigenvalue weighted by molar-refractivity contribution is 0.537. The Labute approximate surface area is 118 Å². The number of rotatable bonds is 5. The van der Waals surface area contributed by atoms with Gasteiger partial charge in [-0.25, -0.2) is 26.5 Å². The summed E-state index contributed by atoms with van der Waals surface area (Å²) < 4.78 is 48.0. The SMILES string of the molecule is CC(C)(CNS(=O)(=O)c1ccc(C#N)nc1)S(C)(=O)=O. The zero-order valence-corrected chi connectivity index (χ0v) is 12.9. The maximum absolute atomic E-state index is 12.0. The molecule has 0 bridgehead atoms. The van der Waals surface area contributed by atoms with Crippen molar-refractivity contribution in [1.29, 1.82) is 5.26 Å². The summed E-state index contributed by atoms with van der Waals surface area (Å²) in [6.45, 7) is 2.61. The first kappa shape index (κ1) is 16.6. The Hall–Kier alpha value is -1.50. The number of aromatic nitrogens is 1. The molecule has 20 heavy (non-hydrogen) atoms. The third kappa shape index (κ3) is 3.75. The van der Waals surface area contributed by atoms with Crippen LogP contribution in [0.15, 0.2) is 23.2 Å². The summed E-state index contributed by atoms with van der Waals surface area (Å²) in [7, 11) is -7.27. The Kier molecular flexibility index (Phi) is 4.53. The van der Waals surface area contributed by atoms with Gasteiger partial charge in [0.25, 0.3) is 0 Å². The number of hydrogen-bond acceptors (Lipinski definition) is 6. The maximum atomic E-state index is 12.0. The number of sulfonamides is 1. The molecule has 0 aliphatic carbocycles. The molecule has 0 spiro atoms. The van der Waals surface area contributed by atoms with Crippen LogP contribution in [0.25, 0.3) is 0 Å². The molecule has 0 aromatic carbocycles. The molecule has 0 fully saturated rings. The first-order valence-corrected chi connectivity index (χ1v) is 8.92. The van der Waals surface area contributed by atoms with Gasteiger partial charge in [0.2, 0.25) is 10.0 Å². The Morgan fingerprint density at radius 3 is 2.30 bits per heavy atom. The minimum Gasteiger partial charge on any atom is -0.244 e. The Bertz CT molecular complexity index is 729. The van der Waals surface area contributed by atoms with Crippen molar-refractivity contribution in [3.05, 3.63) is 24.0 Å². The van der Waals surface area contributed by atoms with E-state index in [0.29, 0.717) is 0 Å². The number of hydrogen-bond donors (Lipinski definition) is 1. The highest BCUT2D eigenvalue weighted by molar-refractivity contribution is 7.92. The van der Waals surface area contributed by atoms with Crippen molar-refractivity contribution in [2.75, 3.05) is 12.8 Å². The molecule has 1 rings (SSSR count). The number of nitrogens with zero attached hydrogens (tertiary/aromatic N) is 2. The highest BCUT2D eigenvalue weighted by Gasteiger charge is 2.31. The average molecular weight is 317 g/mol. The Balaban J connectivity index is 2.94. The fourth-order valence-electron chi connectivity index (χ4n) is 1.09. The van der Waals surface area contributed by atoms with Crippen LogP contribution in [-0.4, -0.2) is 39.4 Å². The lowest BCUT2D eigenvalue weighted by Gasteiger charge is -2.22. The van der Waals surface area contributed by atoms with E-state index >= 15 is 0 Å². The summed E-state index contributed by atoms with van der Waals surface area (Å²) in [5.41, 5.74) is 0.0976. The summed E-state index contributed by atoms with van der Waals surface area (Å²) >= 11 is 0. The summed E-state index contributed by atoms with van der Waals surface area (Å²) in [6, 6.07) is 4.29. The van der Waals surface area contributed by atoms with E-state index in [-0.39, 0.29) is 17.1 Å². The molecule has 0 saturated heterocycles. The van der Waals surface area contributed by atoms with E-state index in [1.54, 1.807) is 6.07 Å². The van der Waals surface area contributed by atoms with E-state index < -0.39 is 24.6 Å². The van der Waals surface area contributed by atoms with Crippen molar-refractivity contribution >= 4 is 19.9 Å². The molecule has 0 atom stereocenters. The molecule has 1 aromatic heterocycles. The molecule has 0 amide bonds. The molecule has 1 heterocycles. The van der Waals surface area contributed by atoms with Crippen molar-refractivity contribution < 1.29 is 16.8 Å². The van der Waals surface area contributed by atoms with Crippen LogP contribution < -0.4 is 4.72 Å². The maximum Gasteiger partial charge on any atom is 0.242 e. The molecule has 9 heteroatoms. The molecular weight excluding hydrogens is 302 g/mol. The molecular formula is C11H15N3O4S2. The molecule has 1 N–H and O–H groups in total. The minimum atomic E-state index is -3.87. The van der Waals surface area contributed by atoms with Crippen molar-refractivity contribution in [1.82, 2.24) is 9.71 Å². The predicted molar refractivity (Wildman–Crippen MR) is 73.1 cm³/mol. The van der Waals surface area contributed by atoms with Crippen molar-refractivity contribution in [3.8, 4) is 6.07 Å². The van der Waals surface area contributed by atoms with Gasteiger partial charge in [0.05, 0.1) is 4.75 Å². The fourth-order valence-corrected chi connectivity index (χ4v) is 2.67. The predicted octanol–water partition coefficient (Wildman–Crippen LogP) is 0.0548. The smallest absolute Gasteiger partial charge is 0.242 e. The van der Waals surface area contributed by atoms with Crippen LogP contribution in [0.2, 0.25) is 0 Å². The zero-order valence-electron chi connectivity index (χ0n) is 11.3. The molecule has 1 aromatic rings. The van der Waals surface area contributed by atoms with E-state index in [2.05, 4.69) is 9.71 Å². The van der Waals surface area contributed by atoms with E-state index in [9.17, 15) is 16.8 Å². The highest BCUT2D eigenvalue weighted by atomic mass is 32.2. The number of sulfone groups is 1. The molecule has 0 unspecified atom stereocenters. The highest BCUT2D eigenvalue weighted by Crippen LogP contribution is 2.15. The Morgan fingerprint density at radius 2 is 1.90 bits per heavy atom. The van der Waals surface area contributed by atoms with Crippen LogP contribution >= 0.6 is 0 Å². The van der Waals surface area contributed by atoms with E-state index in [1.807, 2.05) is 0 Å². The number of nitriles is 1. The van der Waals surface area contributed by atoms with Crippen molar-refractivity contribution in [2.45, 2.75) is 23.5 Å². The van der Waals surface area contributed by atoms with Crippen LogP contribution in [-0.2, 0) is 19.9 Å². The van der Waals surface area contributed by atoms with Gasteiger partial charge < -0.3 is 0 Å². The van der Waals surface area contributed by atoms with Gasteiger partial charge in [-0.05, 0) is 26.0 Å². The molecule has 0 saturated carbocycles. The van der Waals surface area contributed by atoms with Gasteiger partial charge in [-0.3, -0.25) is 0 Å². The van der Waals surface area contributed by atoms with Gasteiger partial charge >= 0.3 is 0 Å². The topological polar surface area (TPSA) is 117 Å². The largest absolute Gasteiger partial charge is 0.244 e. The second kappa shape index (κ2) is 5.47. The van der Waals surface area contributed by atoms with E-state index in [1.165, 1.54) is 26.0 Å². The molecule has 0 radical (unpaired) electrons. The van der Waals surface area contributed by atoms with Gasteiger partial charge in [-0.15, -0.1) is 0 Å². The van der Waals surface area contributed by atoms with Gasteiger partial charge in [0.15, 0.2) is 9.84 Å². The molecule has 0 aliphatic heterocycles. The third-order valence-electron chi connectivity index (χ3n) is 2.85. The van der Waals surface area contributed by atoms with E-state index in [4.69, 9.17) is 5.26 Å². The Morgan fingerprint density at radius 1 is 1.30 bits per heavy atom. The molecule has 110 valence electrons. The first-order valence-electron chi connectivity index (χ1n) is 5.55. The summed E-state index contributed by atoms with van der Waals surface area (Å²) in [4.78, 5) is 3.53. The van der Waals surface area contributed by atoms with Gasteiger partial charge in [-0.1, -0.05) is 0 Å². The lowest BCUT2D eigenvalue weighted by atomic mass is 10.2. The van der Waals surface area contributed by atoms with Crippen molar-refractivity contribution in [3.63, 3.8) is 0 Å². The average Bonchev–Trinajstić information content (AvgIpc) is 2.35.